The summed E-state index contributed by atoms with van der Waals surface area (Å²) in [6.07, 6.45) is 1.04. The second-order valence-electron chi connectivity index (χ2n) is 9.97. The van der Waals surface area contributed by atoms with Crippen LogP contribution in [0.4, 0.5) is 0 Å². The van der Waals surface area contributed by atoms with E-state index in [1.165, 1.54) is 7.11 Å². The molecule has 2 aliphatic rings. The van der Waals surface area contributed by atoms with Gasteiger partial charge in [0.05, 0.1) is 18.8 Å². The van der Waals surface area contributed by atoms with Crippen LogP contribution >= 0.6 is 11.6 Å². The zero-order valence-corrected chi connectivity index (χ0v) is 22.9. The summed E-state index contributed by atoms with van der Waals surface area (Å²) in [6, 6.07) is 7.31. The molecule has 13 nitrogen and oxygen atoms in total. The first-order chi connectivity index (χ1) is 18.8. The molecule has 0 radical (unpaired) electrons. The number of halogens is 1. The van der Waals surface area contributed by atoms with Gasteiger partial charge in [-0.25, -0.2) is 9.71 Å². The first-order valence-electron chi connectivity index (χ1n) is 12.1. The third-order valence-corrected chi connectivity index (χ3v) is 8.05. The van der Waals surface area contributed by atoms with Gasteiger partial charge < -0.3 is 29.4 Å². The molecule has 2 heterocycles. The average Bonchev–Trinajstić information content (AvgIpc) is 3.59. The minimum absolute atomic E-state index is 0.110. The van der Waals surface area contributed by atoms with E-state index < -0.39 is 50.2 Å². The number of methoxy groups -OCH3 is 1. The Morgan fingerprint density at radius 3 is 2.65 bits per heavy atom. The van der Waals surface area contributed by atoms with Gasteiger partial charge in [-0.05, 0) is 43.2 Å². The van der Waals surface area contributed by atoms with Gasteiger partial charge in [0, 0.05) is 24.0 Å². The second-order valence-corrected chi connectivity index (χ2v) is 12.0. The molecule has 5 rings (SSSR count). The number of aromatic nitrogens is 1. The van der Waals surface area contributed by atoms with Gasteiger partial charge in [-0.2, -0.15) is 8.42 Å². The number of nitrogens with one attached hydrogen (secondary N) is 2. The lowest BCUT2D eigenvalue weighted by molar-refractivity contribution is -0.124. The molecule has 40 heavy (non-hydrogen) atoms. The van der Waals surface area contributed by atoms with E-state index in [2.05, 4.69) is 22.1 Å². The maximum absolute atomic E-state index is 12.8. The highest BCUT2D eigenvalue weighted by Gasteiger charge is 2.59. The van der Waals surface area contributed by atoms with Crippen molar-refractivity contribution in [3.63, 3.8) is 0 Å². The van der Waals surface area contributed by atoms with Gasteiger partial charge >= 0.3 is 0 Å². The van der Waals surface area contributed by atoms with Gasteiger partial charge in [0.1, 0.15) is 12.1 Å². The van der Waals surface area contributed by atoms with E-state index in [1.54, 1.807) is 22.9 Å². The van der Waals surface area contributed by atoms with Crippen LogP contribution in [-0.2, 0) is 29.8 Å². The van der Waals surface area contributed by atoms with Crippen molar-refractivity contribution < 1.29 is 36.3 Å². The monoisotopic (exact) mass is 591 g/mol. The molecule has 0 bridgehead atoms. The van der Waals surface area contributed by atoms with Crippen LogP contribution in [0.25, 0.3) is 11.1 Å². The minimum Gasteiger partial charge on any atom is -0.439 e. The van der Waals surface area contributed by atoms with E-state index >= 15 is 0 Å². The van der Waals surface area contributed by atoms with Crippen LogP contribution in [0.1, 0.15) is 35.7 Å². The Labute approximate surface area is 233 Å². The number of fused-ring (bicyclic) bond motifs is 1. The molecule has 1 spiro atoms. The number of nitrogens with zero attached hydrogens (tertiary/aromatic N) is 1. The van der Waals surface area contributed by atoms with E-state index in [4.69, 9.17) is 41.4 Å². The highest BCUT2D eigenvalue weighted by atomic mass is 35.5. The lowest BCUT2D eigenvalue weighted by Crippen LogP contribution is -2.60. The van der Waals surface area contributed by atoms with E-state index in [-0.39, 0.29) is 25.4 Å². The number of oxazole rings is 1. The lowest BCUT2D eigenvalue weighted by atomic mass is 9.57. The molecule has 2 aromatic heterocycles. The molecule has 2 amide bonds. The summed E-state index contributed by atoms with van der Waals surface area (Å²) in [4.78, 5) is 29.2. The molecule has 6 N–H and O–H groups in total. The highest BCUT2D eigenvalue weighted by molar-refractivity contribution is 7.89. The van der Waals surface area contributed by atoms with Crippen LogP contribution in [-0.4, -0.2) is 57.8 Å². The number of hydrogen-bond donors (Lipinski definition) is 4. The van der Waals surface area contributed by atoms with Gasteiger partial charge in [0.25, 0.3) is 21.8 Å². The highest BCUT2D eigenvalue weighted by Crippen LogP contribution is 2.57. The molecule has 1 aromatic carbocycles. The summed E-state index contributed by atoms with van der Waals surface area (Å²) in [7, 11) is -2.92. The van der Waals surface area contributed by atoms with Gasteiger partial charge in [-0.1, -0.05) is 23.4 Å². The fourth-order valence-electron chi connectivity index (χ4n) is 4.96. The van der Waals surface area contributed by atoms with E-state index in [9.17, 15) is 18.0 Å². The molecule has 0 aliphatic heterocycles. The Bertz CT molecular complexity index is 1650. The molecule has 0 unspecified atom stereocenters. The Hall–Kier alpha value is -3.45. The number of benzene rings is 1. The Kier molecular flexibility index (Phi) is 7.15. The van der Waals surface area contributed by atoms with E-state index in [0.29, 0.717) is 34.9 Å². The molecule has 1 saturated carbocycles. The molecule has 15 heteroatoms. The Morgan fingerprint density at radius 1 is 1.12 bits per heavy atom. The quantitative estimate of drug-likeness (QED) is 0.149. The van der Waals surface area contributed by atoms with Gasteiger partial charge in [0.2, 0.25) is 11.0 Å². The van der Waals surface area contributed by atoms with Crippen molar-refractivity contribution in [3.8, 4) is 11.8 Å². The normalized spacial score (nSPS) is 25.4. The second kappa shape index (κ2) is 10.2. The third kappa shape index (κ3) is 5.57. The number of sulfonamides is 1. The predicted molar refractivity (Wildman–Crippen MR) is 140 cm³/mol. The van der Waals surface area contributed by atoms with Crippen LogP contribution < -0.4 is 21.5 Å². The third-order valence-electron chi connectivity index (χ3n) is 6.57. The van der Waals surface area contributed by atoms with Crippen LogP contribution in [0.15, 0.2) is 44.3 Å². The smallest absolute Gasteiger partial charge is 0.297 e. The first-order valence-corrected chi connectivity index (χ1v) is 13.9. The fraction of sp³-hybridized carbons (Fsp3) is 0.400. The van der Waals surface area contributed by atoms with Crippen molar-refractivity contribution in [1.29, 1.82) is 0 Å². The predicted octanol–water partition coefficient (Wildman–Crippen LogP) is 0.968. The molecule has 2 aliphatic carbocycles. The summed E-state index contributed by atoms with van der Waals surface area (Å²) >= 11 is 6.03. The topological polar surface area (TPSA) is 202 Å². The fourth-order valence-corrected chi connectivity index (χ4v) is 6.04. The van der Waals surface area contributed by atoms with Crippen LogP contribution in [0, 0.1) is 17.3 Å². The Balaban J connectivity index is 1.18. The SMILES string of the molecule is COCCOCC(=O)NS(=O)(=O)c1ccc(C(=O)N[C@@]2(N)C#C[C@]3(C2)C[C@@](N)(c2nc4cc(Cl)ccc4o2)C3)o1. The van der Waals surface area contributed by atoms with Gasteiger partial charge in [0.15, 0.2) is 17.0 Å². The molecular weight excluding hydrogens is 566 g/mol. The summed E-state index contributed by atoms with van der Waals surface area (Å²) in [5.74, 6) is 4.33. The number of nitrogens with two attached hydrogens (primary N) is 2. The van der Waals surface area contributed by atoms with Crippen molar-refractivity contribution in [1.82, 2.24) is 15.0 Å². The largest absolute Gasteiger partial charge is 0.439 e. The number of carbonyl (C=O) groups is 2. The van der Waals surface area contributed by atoms with Crippen LogP contribution in [0.3, 0.4) is 0 Å². The van der Waals surface area contributed by atoms with E-state index in [1.807, 2.05) is 0 Å². The standard InChI is InChI=1S/C25H26ClN5O8S/c1-36-8-9-37-11-19(32)31-40(34,35)20-5-4-18(38-20)21(33)30-25(28)7-6-23(14-25)12-24(27,13-23)22-29-16-10-15(26)2-3-17(16)39-22/h2-5,10H,8-9,11-14,27-28H2,1H3,(H,30,33)(H,31,32)/t23-,24-,25-/m0/s1. The van der Waals surface area contributed by atoms with Crippen molar-refractivity contribution in [3.05, 3.63) is 47.0 Å². The summed E-state index contributed by atoms with van der Waals surface area (Å²) in [6.45, 7) is -0.151. The van der Waals surface area contributed by atoms with Crippen molar-refractivity contribution >= 4 is 44.5 Å². The molecule has 212 valence electrons. The zero-order valence-electron chi connectivity index (χ0n) is 21.3. The van der Waals surface area contributed by atoms with Gasteiger partial charge in [-0.15, -0.1) is 0 Å². The molecule has 1 fully saturated rings. The Morgan fingerprint density at radius 2 is 1.90 bits per heavy atom. The first kappa shape index (κ1) is 28.1. The average molecular weight is 592 g/mol. The lowest BCUT2D eigenvalue weighted by Gasteiger charge is -2.49. The zero-order chi connectivity index (χ0) is 28.8. The molecule has 1 atom stereocenters. The maximum atomic E-state index is 12.8. The van der Waals surface area contributed by atoms with Crippen molar-refractivity contribution in [2.45, 2.75) is 35.6 Å². The minimum atomic E-state index is -4.38. The summed E-state index contributed by atoms with van der Waals surface area (Å²) < 4.78 is 47.5. The van der Waals surface area contributed by atoms with Crippen LogP contribution in [0.2, 0.25) is 5.02 Å². The molecule has 3 aromatic rings. The van der Waals surface area contributed by atoms with Crippen molar-refractivity contribution in [2.75, 3.05) is 26.9 Å². The molecular formula is C25H26ClN5O8S. The number of hydrogen-bond acceptors (Lipinski definition) is 11. The summed E-state index contributed by atoms with van der Waals surface area (Å²) in [5.41, 5.74) is 11.3. The van der Waals surface area contributed by atoms with E-state index in [0.717, 1.165) is 12.1 Å². The number of amides is 2. The number of carbonyl (C=O) groups excluding carboxylic acids is 2. The number of furan rings is 1. The number of ether oxygens (including phenoxy) is 2. The molecule has 0 saturated heterocycles. The van der Waals surface area contributed by atoms with Crippen molar-refractivity contribution in [2.24, 2.45) is 16.9 Å². The number of rotatable bonds is 10. The summed E-state index contributed by atoms with van der Waals surface area (Å²) in [5, 5.41) is 2.50. The van der Waals surface area contributed by atoms with Crippen LogP contribution in [0.5, 0.6) is 0 Å². The van der Waals surface area contributed by atoms with Gasteiger partial charge in [-0.3, -0.25) is 15.3 Å². The maximum Gasteiger partial charge on any atom is 0.297 e.